The standard InChI is InChI=1S/C22H33N3O4S/c1-15(2)22(27)25-11-5-6-20(25)21(26)23-18-7-9-19(10-8-18)30(28,29)24-13-16(3)12-17(4)14-24/h7-10,15-17,20H,5-6,11-14H2,1-4H3,(H,23,26). The van der Waals surface area contributed by atoms with Gasteiger partial charge in [-0.3, -0.25) is 9.59 Å². The maximum absolute atomic E-state index is 13.0. The second-order valence-corrected chi connectivity index (χ2v) is 11.1. The molecule has 1 aromatic rings. The first-order valence-electron chi connectivity index (χ1n) is 10.8. The van der Waals surface area contributed by atoms with Crippen LogP contribution < -0.4 is 5.32 Å². The number of rotatable bonds is 5. The van der Waals surface area contributed by atoms with Crippen molar-refractivity contribution in [2.75, 3.05) is 25.0 Å². The van der Waals surface area contributed by atoms with Crippen molar-refractivity contribution in [3.63, 3.8) is 0 Å². The number of carbonyl (C=O) groups is 2. The molecule has 3 atom stereocenters. The Hall–Kier alpha value is -1.93. The molecule has 2 aliphatic heterocycles. The van der Waals surface area contributed by atoms with Crippen LogP contribution in [0.4, 0.5) is 5.69 Å². The molecular weight excluding hydrogens is 402 g/mol. The van der Waals surface area contributed by atoms with Crippen LogP contribution in [0.15, 0.2) is 29.2 Å². The maximum Gasteiger partial charge on any atom is 0.247 e. The van der Waals surface area contributed by atoms with Gasteiger partial charge in [-0.2, -0.15) is 4.31 Å². The van der Waals surface area contributed by atoms with Crippen molar-refractivity contribution in [2.24, 2.45) is 17.8 Å². The molecule has 166 valence electrons. The molecule has 30 heavy (non-hydrogen) atoms. The number of hydrogen-bond acceptors (Lipinski definition) is 4. The Morgan fingerprint density at radius 1 is 1.07 bits per heavy atom. The number of sulfonamides is 1. The lowest BCUT2D eigenvalue weighted by atomic mass is 9.94. The molecule has 2 aliphatic rings. The number of benzene rings is 1. The SMILES string of the molecule is CC1CC(C)CN(S(=O)(=O)c2ccc(NC(=O)C3CCCN3C(=O)C(C)C)cc2)C1. The average Bonchev–Trinajstić information content (AvgIpc) is 3.17. The first-order valence-corrected chi connectivity index (χ1v) is 12.2. The van der Waals surface area contributed by atoms with E-state index in [-0.39, 0.29) is 22.6 Å². The van der Waals surface area contributed by atoms with Crippen molar-refractivity contribution in [3.8, 4) is 0 Å². The minimum absolute atomic E-state index is 0.0147. The Labute approximate surface area is 179 Å². The van der Waals surface area contributed by atoms with Crippen LogP contribution in [-0.2, 0) is 19.6 Å². The molecule has 0 saturated carbocycles. The van der Waals surface area contributed by atoms with Crippen LogP contribution in [0, 0.1) is 17.8 Å². The summed E-state index contributed by atoms with van der Waals surface area (Å²) in [4.78, 5) is 26.9. The Kier molecular flexibility index (Phi) is 6.87. The summed E-state index contributed by atoms with van der Waals surface area (Å²) < 4.78 is 27.6. The highest BCUT2D eigenvalue weighted by Crippen LogP contribution is 2.27. The molecule has 2 fully saturated rings. The normalized spacial score (nSPS) is 25.5. The number of piperidine rings is 1. The van der Waals surface area contributed by atoms with E-state index in [1.807, 2.05) is 13.8 Å². The monoisotopic (exact) mass is 435 g/mol. The van der Waals surface area contributed by atoms with Crippen LogP contribution in [0.3, 0.4) is 0 Å². The van der Waals surface area contributed by atoms with Gasteiger partial charge in [0.1, 0.15) is 6.04 Å². The van der Waals surface area contributed by atoms with Gasteiger partial charge in [0.2, 0.25) is 21.8 Å². The zero-order valence-corrected chi connectivity index (χ0v) is 19.1. The van der Waals surface area contributed by atoms with Crippen LogP contribution in [0.1, 0.15) is 47.0 Å². The highest BCUT2D eigenvalue weighted by atomic mass is 32.2. The molecule has 0 radical (unpaired) electrons. The van der Waals surface area contributed by atoms with Gasteiger partial charge in [-0.1, -0.05) is 27.7 Å². The first kappa shape index (κ1) is 22.7. The van der Waals surface area contributed by atoms with E-state index in [4.69, 9.17) is 0 Å². The lowest BCUT2D eigenvalue weighted by Gasteiger charge is -2.34. The molecule has 0 spiro atoms. The van der Waals surface area contributed by atoms with E-state index in [0.29, 0.717) is 43.6 Å². The molecule has 3 unspecified atom stereocenters. The van der Waals surface area contributed by atoms with Crippen LogP contribution in [0.2, 0.25) is 0 Å². The fourth-order valence-corrected chi connectivity index (χ4v) is 6.20. The fraction of sp³-hybridized carbons (Fsp3) is 0.636. The predicted molar refractivity (Wildman–Crippen MR) is 116 cm³/mol. The Bertz CT molecular complexity index is 872. The molecule has 1 aromatic carbocycles. The third kappa shape index (κ3) is 4.86. The van der Waals surface area contributed by atoms with E-state index in [1.54, 1.807) is 33.5 Å². The minimum Gasteiger partial charge on any atom is -0.330 e. The minimum atomic E-state index is -3.55. The van der Waals surface area contributed by atoms with Gasteiger partial charge >= 0.3 is 0 Å². The topological polar surface area (TPSA) is 86.8 Å². The zero-order valence-electron chi connectivity index (χ0n) is 18.3. The van der Waals surface area contributed by atoms with Crippen LogP contribution >= 0.6 is 0 Å². The lowest BCUT2D eigenvalue weighted by Crippen LogP contribution is -2.44. The first-order chi connectivity index (χ1) is 14.1. The second-order valence-electron chi connectivity index (χ2n) is 9.13. The average molecular weight is 436 g/mol. The van der Waals surface area contributed by atoms with Gasteiger partial charge in [0, 0.05) is 31.2 Å². The maximum atomic E-state index is 13.0. The predicted octanol–water partition coefficient (Wildman–Crippen LogP) is 2.94. The summed E-state index contributed by atoms with van der Waals surface area (Å²) in [6.45, 7) is 9.48. The van der Waals surface area contributed by atoms with Gasteiger partial charge < -0.3 is 10.2 Å². The number of nitrogens with one attached hydrogen (secondary N) is 1. The third-order valence-electron chi connectivity index (χ3n) is 5.93. The van der Waals surface area contributed by atoms with E-state index in [1.165, 1.54) is 0 Å². The Morgan fingerprint density at radius 2 is 1.67 bits per heavy atom. The van der Waals surface area contributed by atoms with Crippen molar-refractivity contribution in [3.05, 3.63) is 24.3 Å². The Balaban J connectivity index is 1.68. The van der Waals surface area contributed by atoms with Gasteiger partial charge in [-0.15, -0.1) is 0 Å². The summed E-state index contributed by atoms with van der Waals surface area (Å²) in [7, 11) is -3.55. The van der Waals surface area contributed by atoms with E-state index in [9.17, 15) is 18.0 Å². The molecule has 2 heterocycles. The summed E-state index contributed by atoms with van der Waals surface area (Å²) in [6, 6.07) is 5.84. The molecular formula is C22H33N3O4S. The van der Waals surface area contributed by atoms with E-state index >= 15 is 0 Å². The lowest BCUT2D eigenvalue weighted by molar-refractivity contribution is -0.139. The Morgan fingerprint density at radius 3 is 2.23 bits per heavy atom. The van der Waals surface area contributed by atoms with Crippen LogP contribution in [-0.4, -0.2) is 55.1 Å². The number of hydrogen-bond donors (Lipinski definition) is 1. The third-order valence-corrected chi connectivity index (χ3v) is 7.77. The van der Waals surface area contributed by atoms with Gasteiger partial charge in [0.15, 0.2) is 0 Å². The summed E-state index contributed by atoms with van der Waals surface area (Å²) in [6.07, 6.45) is 2.48. The van der Waals surface area contributed by atoms with Crippen LogP contribution in [0.25, 0.3) is 0 Å². The van der Waals surface area contributed by atoms with E-state index < -0.39 is 16.1 Å². The number of amides is 2. The fourth-order valence-electron chi connectivity index (χ4n) is 4.52. The molecule has 0 aliphatic carbocycles. The van der Waals surface area contributed by atoms with E-state index in [0.717, 1.165) is 12.8 Å². The molecule has 2 amide bonds. The summed E-state index contributed by atoms with van der Waals surface area (Å²) in [5, 5.41) is 2.84. The smallest absolute Gasteiger partial charge is 0.247 e. The van der Waals surface area contributed by atoms with Crippen molar-refractivity contribution in [1.82, 2.24) is 9.21 Å². The van der Waals surface area contributed by atoms with Gasteiger partial charge in [0.05, 0.1) is 4.90 Å². The molecule has 2 saturated heterocycles. The highest BCUT2D eigenvalue weighted by molar-refractivity contribution is 7.89. The van der Waals surface area contributed by atoms with Gasteiger partial charge in [-0.25, -0.2) is 8.42 Å². The summed E-state index contributed by atoms with van der Waals surface area (Å²) >= 11 is 0. The molecule has 8 heteroatoms. The quantitative estimate of drug-likeness (QED) is 0.770. The number of likely N-dealkylation sites (tertiary alicyclic amines) is 1. The zero-order chi connectivity index (χ0) is 22.1. The second kappa shape index (κ2) is 9.06. The summed E-state index contributed by atoms with van der Waals surface area (Å²) in [5.74, 6) is 0.285. The van der Waals surface area contributed by atoms with Crippen LogP contribution in [0.5, 0.6) is 0 Å². The summed E-state index contributed by atoms with van der Waals surface area (Å²) in [5.41, 5.74) is 0.531. The van der Waals surface area contributed by atoms with Gasteiger partial charge in [0.25, 0.3) is 0 Å². The van der Waals surface area contributed by atoms with Crippen molar-refractivity contribution in [1.29, 1.82) is 0 Å². The molecule has 1 N–H and O–H groups in total. The molecule has 0 bridgehead atoms. The number of nitrogens with zero attached hydrogens (tertiary/aromatic N) is 2. The van der Waals surface area contributed by atoms with Crippen molar-refractivity contribution < 1.29 is 18.0 Å². The van der Waals surface area contributed by atoms with E-state index in [2.05, 4.69) is 19.2 Å². The molecule has 3 rings (SSSR count). The largest absolute Gasteiger partial charge is 0.330 e. The van der Waals surface area contributed by atoms with Crippen molar-refractivity contribution >= 4 is 27.5 Å². The molecule has 7 nitrogen and oxygen atoms in total. The number of anilines is 1. The van der Waals surface area contributed by atoms with Crippen molar-refractivity contribution in [2.45, 2.75) is 57.9 Å². The highest BCUT2D eigenvalue weighted by Gasteiger charge is 2.35. The van der Waals surface area contributed by atoms with Gasteiger partial charge in [-0.05, 0) is 55.4 Å². The molecule has 0 aromatic heterocycles. The number of carbonyl (C=O) groups excluding carboxylic acids is 2.